The SMILES string of the molecule is C#CCC(NC(=O)/C=C/CCCC1CCC2C3C(O)CC4CCCCC4(C)C3CCC12C)NC(=O)C(C)(C)CCCC. The maximum Gasteiger partial charge on any atom is 0.245 e. The Morgan fingerprint density at radius 3 is 2.55 bits per heavy atom. The Hall–Kier alpha value is -1.80. The molecule has 236 valence electrons. The molecule has 4 aliphatic carbocycles. The quantitative estimate of drug-likeness (QED) is 0.0966. The number of hydrogen-bond acceptors (Lipinski definition) is 3. The standard InChI is InChI=1S/C37H60N2O3/c1-7-9-22-35(3,4)34(42)39-31(15-8-2)38-32(41)18-12-10-11-16-26-19-20-28-33-29(21-24-37(26,28)6)36(5)23-14-13-17-27(36)25-30(33)40/h2,12,18,26-31,33,40H,7,9-11,13-17,19-25H2,1,3-6H3,(H,38,41)(H,39,42)/b18-12+. The number of unbranched alkanes of at least 4 members (excludes halogenated alkanes) is 2. The second kappa shape index (κ2) is 13.9. The molecule has 5 heteroatoms. The second-order valence-electron chi connectivity index (χ2n) is 15.6. The Bertz CT molecular complexity index is 1010. The normalized spacial score (nSPS) is 36.8. The summed E-state index contributed by atoms with van der Waals surface area (Å²) in [6.45, 7) is 11.1. The van der Waals surface area contributed by atoms with Crippen molar-refractivity contribution >= 4 is 11.8 Å². The molecule has 42 heavy (non-hydrogen) atoms. The molecule has 4 fully saturated rings. The summed E-state index contributed by atoms with van der Waals surface area (Å²) in [5.41, 5.74) is 0.288. The van der Waals surface area contributed by atoms with E-state index in [1.165, 1.54) is 57.8 Å². The van der Waals surface area contributed by atoms with Gasteiger partial charge in [-0.2, -0.15) is 0 Å². The van der Waals surface area contributed by atoms with Gasteiger partial charge in [0.05, 0.1) is 6.10 Å². The summed E-state index contributed by atoms with van der Waals surface area (Å²) in [7, 11) is 0. The van der Waals surface area contributed by atoms with Crippen LogP contribution in [0.4, 0.5) is 0 Å². The van der Waals surface area contributed by atoms with E-state index in [9.17, 15) is 14.7 Å². The molecule has 2 amide bonds. The number of fused-ring (bicyclic) bond motifs is 5. The Balaban J connectivity index is 1.25. The molecule has 0 radical (unpaired) electrons. The van der Waals surface area contributed by atoms with Crippen LogP contribution >= 0.6 is 0 Å². The van der Waals surface area contributed by atoms with Gasteiger partial charge < -0.3 is 15.7 Å². The molecule has 0 saturated heterocycles. The summed E-state index contributed by atoms with van der Waals surface area (Å²) in [6, 6.07) is 0. The zero-order valence-corrected chi connectivity index (χ0v) is 27.4. The fraction of sp³-hybridized carbons (Fsp3) is 0.838. The summed E-state index contributed by atoms with van der Waals surface area (Å²) in [5.74, 6) is 5.57. The van der Waals surface area contributed by atoms with Crippen molar-refractivity contribution in [3.63, 3.8) is 0 Å². The average molecular weight is 581 g/mol. The first kappa shape index (κ1) is 33.1. The molecule has 9 atom stereocenters. The zero-order chi connectivity index (χ0) is 30.5. The number of hydrogen-bond donors (Lipinski definition) is 3. The van der Waals surface area contributed by atoms with E-state index in [1.54, 1.807) is 6.08 Å². The molecule has 3 N–H and O–H groups in total. The molecule has 4 aliphatic rings. The van der Waals surface area contributed by atoms with Crippen LogP contribution in [0.15, 0.2) is 12.2 Å². The number of rotatable bonds is 12. The van der Waals surface area contributed by atoms with Crippen molar-refractivity contribution in [2.45, 2.75) is 150 Å². The number of nitrogens with one attached hydrogen (secondary N) is 2. The van der Waals surface area contributed by atoms with E-state index in [-0.39, 0.29) is 24.3 Å². The summed E-state index contributed by atoms with van der Waals surface area (Å²) >= 11 is 0. The molecule has 0 aliphatic heterocycles. The molecule has 4 rings (SSSR count). The molecule has 5 nitrogen and oxygen atoms in total. The lowest BCUT2D eigenvalue weighted by Gasteiger charge is -2.62. The van der Waals surface area contributed by atoms with Crippen LogP contribution in [0.5, 0.6) is 0 Å². The van der Waals surface area contributed by atoms with Crippen molar-refractivity contribution in [1.29, 1.82) is 0 Å². The molecule has 0 heterocycles. The number of carbonyl (C=O) groups is 2. The van der Waals surface area contributed by atoms with E-state index in [0.717, 1.165) is 44.4 Å². The van der Waals surface area contributed by atoms with Crippen LogP contribution in [0.3, 0.4) is 0 Å². The Morgan fingerprint density at radius 2 is 1.81 bits per heavy atom. The Labute approximate surface area is 256 Å². The van der Waals surface area contributed by atoms with Crippen LogP contribution in [0.25, 0.3) is 0 Å². The third-order valence-electron chi connectivity index (χ3n) is 12.7. The van der Waals surface area contributed by atoms with Gasteiger partial charge in [0.2, 0.25) is 11.8 Å². The molecule has 4 saturated carbocycles. The molecule has 0 bridgehead atoms. The first-order chi connectivity index (χ1) is 20.0. The van der Waals surface area contributed by atoms with Crippen LogP contribution in [0.1, 0.15) is 137 Å². The monoisotopic (exact) mass is 580 g/mol. The van der Waals surface area contributed by atoms with Crippen molar-refractivity contribution in [3.8, 4) is 12.3 Å². The highest BCUT2D eigenvalue weighted by Crippen LogP contribution is 2.67. The summed E-state index contributed by atoms with van der Waals surface area (Å²) in [6.07, 6.45) is 26.2. The predicted octanol–water partition coefficient (Wildman–Crippen LogP) is 7.53. The van der Waals surface area contributed by atoms with E-state index in [0.29, 0.717) is 34.5 Å². The number of amides is 2. The van der Waals surface area contributed by atoms with Crippen molar-refractivity contribution in [3.05, 3.63) is 12.2 Å². The first-order valence-corrected chi connectivity index (χ1v) is 17.4. The molecule has 0 spiro atoms. The number of aliphatic hydroxyl groups excluding tert-OH is 1. The predicted molar refractivity (Wildman–Crippen MR) is 171 cm³/mol. The molecule has 0 aromatic carbocycles. The van der Waals surface area contributed by atoms with Crippen LogP contribution in [0, 0.1) is 58.2 Å². The van der Waals surface area contributed by atoms with Gasteiger partial charge in [0.25, 0.3) is 0 Å². The molecular formula is C37H60N2O3. The van der Waals surface area contributed by atoms with Gasteiger partial charge in [-0.15, -0.1) is 12.3 Å². The minimum absolute atomic E-state index is 0.0775. The number of allylic oxidation sites excluding steroid dienone is 1. The van der Waals surface area contributed by atoms with Crippen molar-refractivity contribution in [2.75, 3.05) is 0 Å². The maximum absolute atomic E-state index is 12.8. The number of carbonyl (C=O) groups excluding carboxylic acids is 2. The molecular weight excluding hydrogens is 520 g/mol. The van der Waals surface area contributed by atoms with Crippen LogP contribution in [-0.4, -0.2) is 29.2 Å². The first-order valence-electron chi connectivity index (χ1n) is 17.4. The highest BCUT2D eigenvalue weighted by Gasteiger charge is 2.61. The lowest BCUT2D eigenvalue weighted by Crippen LogP contribution is -2.57. The van der Waals surface area contributed by atoms with Gasteiger partial charge in [0.15, 0.2) is 0 Å². The third-order valence-corrected chi connectivity index (χ3v) is 12.7. The molecule has 0 aromatic rings. The van der Waals surface area contributed by atoms with E-state index >= 15 is 0 Å². The van der Waals surface area contributed by atoms with Gasteiger partial charge in [-0.1, -0.05) is 66.4 Å². The van der Waals surface area contributed by atoms with E-state index in [4.69, 9.17) is 6.42 Å². The highest BCUT2D eigenvalue weighted by molar-refractivity contribution is 5.88. The van der Waals surface area contributed by atoms with Gasteiger partial charge in [-0.3, -0.25) is 9.59 Å². The minimum atomic E-state index is -0.563. The largest absolute Gasteiger partial charge is 0.393 e. The average Bonchev–Trinajstić information content (AvgIpc) is 3.28. The van der Waals surface area contributed by atoms with Gasteiger partial charge in [-0.25, -0.2) is 0 Å². The smallest absolute Gasteiger partial charge is 0.245 e. The zero-order valence-electron chi connectivity index (χ0n) is 27.4. The number of terminal acetylenes is 1. The van der Waals surface area contributed by atoms with E-state index < -0.39 is 11.6 Å². The van der Waals surface area contributed by atoms with Crippen LogP contribution < -0.4 is 10.6 Å². The van der Waals surface area contributed by atoms with Crippen molar-refractivity contribution < 1.29 is 14.7 Å². The Kier molecular flexibility index (Phi) is 10.9. The Morgan fingerprint density at radius 1 is 1.05 bits per heavy atom. The van der Waals surface area contributed by atoms with Gasteiger partial charge in [0, 0.05) is 11.8 Å². The highest BCUT2D eigenvalue weighted by atomic mass is 16.3. The lowest BCUT2D eigenvalue weighted by molar-refractivity contribution is -0.162. The summed E-state index contributed by atoms with van der Waals surface area (Å²) in [5, 5.41) is 17.3. The van der Waals surface area contributed by atoms with Gasteiger partial charge in [-0.05, 0) is 117 Å². The van der Waals surface area contributed by atoms with Crippen molar-refractivity contribution in [1.82, 2.24) is 10.6 Å². The topological polar surface area (TPSA) is 78.4 Å². The van der Waals surface area contributed by atoms with Gasteiger partial charge in [0.1, 0.15) is 6.17 Å². The number of aliphatic hydroxyl groups is 1. The second-order valence-corrected chi connectivity index (χ2v) is 15.6. The summed E-state index contributed by atoms with van der Waals surface area (Å²) in [4.78, 5) is 25.4. The fourth-order valence-corrected chi connectivity index (χ4v) is 10.1. The van der Waals surface area contributed by atoms with Crippen LogP contribution in [0.2, 0.25) is 0 Å². The lowest BCUT2D eigenvalue weighted by atomic mass is 9.44. The fourth-order valence-electron chi connectivity index (χ4n) is 10.1. The minimum Gasteiger partial charge on any atom is -0.393 e. The van der Waals surface area contributed by atoms with Crippen LogP contribution in [-0.2, 0) is 9.59 Å². The van der Waals surface area contributed by atoms with Gasteiger partial charge >= 0.3 is 0 Å². The van der Waals surface area contributed by atoms with E-state index in [2.05, 4.69) is 37.3 Å². The maximum atomic E-state index is 12.8. The van der Waals surface area contributed by atoms with Crippen molar-refractivity contribution in [2.24, 2.45) is 45.8 Å². The summed E-state index contributed by atoms with van der Waals surface area (Å²) < 4.78 is 0. The third kappa shape index (κ3) is 6.95. The molecule has 0 aromatic heterocycles. The molecule has 9 unspecified atom stereocenters. The van der Waals surface area contributed by atoms with E-state index in [1.807, 2.05) is 19.9 Å².